The first-order valence-electron chi connectivity index (χ1n) is 6.85. The first-order valence-corrected chi connectivity index (χ1v) is 6.85. The molecule has 0 unspecified atom stereocenters. The van der Waals surface area contributed by atoms with Crippen LogP contribution in [0.25, 0.3) is 11.3 Å². The van der Waals surface area contributed by atoms with Crippen LogP contribution < -0.4 is 0 Å². The number of hydrogen-bond acceptors (Lipinski definition) is 3. The van der Waals surface area contributed by atoms with Crippen LogP contribution in [0.15, 0.2) is 36.8 Å². The number of rotatable bonds is 3. The molecule has 2 aromatic rings. The molecule has 3 rings (SSSR count). The number of morpholine rings is 1. The van der Waals surface area contributed by atoms with Gasteiger partial charge in [-0.1, -0.05) is 0 Å². The van der Waals surface area contributed by atoms with E-state index in [1.165, 1.54) is 12.1 Å². The number of ether oxygens (including phenoxy) is 1. The lowest BCUT2D eigenvalue weighted by molar-refractivity contribution is -0.135. The summed E-state index contributed by atoms with van der Waals surface area (Å²) in [6.45, 7) is 2.72. The average molecular weight is 289 g/mol. The minimum atomic E-state index is -0.277. The van der Waals surface area contributed by atoms with E-state index in [1.54, 1.807) is 34.1 Å². The van der Waals surface area contributed by atoms with E-state index >= 15 is 0 Å². The minimum absolute atomic E-state index is 0.0568. The van der Waals surface area contributed by atoms with Gasteiger partial charge in [0.15, 0.2) is 0 Å². The molecule has 5 nitrogen and oxygen atoms in total. The topological polar surface area (TPSA) is 47.4 Å². The van der Waals surface area contributed by atoms with Gasteiger partial charge in [-0.05, 0) is 24.3 Å². The quantitative estimate of drug-likeness (QED) is 0.861. The molecule has 110 valence electrons. The zero-order valence-electron chi connectivity index (χ0n) is 11.5. The first kappa shape index (κ1) is 13.8. The molecule has 2 heterocycles. The van der Waals surface area contributed by atoms with Gasteiger partial charge in [-0.3, -0.25) is 4.79 Å². The van der Waals surface area contributed by atoms with E-state index < -0.39 is 0 Å². The van der Waals surface area contributed by atoms with E-state index in [0.717, 1.165) is 11.3 Å². The van der Waals surface area contributed by atoms with Crippen LogP contribution in [0, 0.1) is 5.82 Å². The number of amides is 1. The van der Waals surface area contributed by atoms with Crippen LogP contribution >= 0.6 is 0 Å². The van der Waals surface area contributed by atoms with Gasteiger partial charge < -0.3 is 14.2 Å². The van der Waals surface area contributed by atoms with Crippen LogP contribution in [-0.2, 0) is 16.1 Å². The molecule has 0 radical (unpaired) electrons. The Morgan fingerprint density at radius 2 is 1.95 bits per heavy atom. The third-order valence-corrected chi connectivity index (χ3v) is 3.45. The van der Waals surface area contributed by atoms with Gasteiger partial charge in [0.2, 0.25) is 5.91 Å². The Labute approximate surface area is 122 Å². The molecular weight excluding hydrogens is 273 g/mol. The Hall–Kier alpha value is -2.21. The van der Waals surface area contributed by atoms with Crippen molar-refractivity contribution in [3.63, 3.8) is 0 Å². The Balaban J connectivity index is 1.67. The van der Waals surface area contributed by atoms with Crippen molar-refractivity contribution < 1.29 is 13.9 Å². The van der Waals surface area contributed by atoms with Crippen molar-refractivity contribution in [1.82, 2.24) is 14.5 Å². The summed E-state index contributed by atoms with van der Waals surface area (Å²) < 4.78 is 19.9. The molecule has 6 heteroatoms. The van der Waals surface area contributed by atoms with Crippen LogP contribution in [0.5, 0.6) is 0 Å². The van der Waals surface area contributed by atoms with E-state index in [-0.39, 0.29) is 18.3 Å². The lowest BCUT2D eigenvalue weighted by atomic mass is 10.2. The fourth-order valence-electron chi connectivity index (χ4n) is 2.29. The van der Waals surface area contributed by atoms with Gasteiger partial charge in [-0.2, -0.15) is 0 Å². The Morgan fingerprint density at radius 3 is 2.67 bits per heavy atom. The van der Waals surface area contributed by atoms with E-state index in [0.29, 0.717) is 26.3 Å². The van der Waals surface area contributed by atoms with Gasteiger partial charge in [-0.15, -0.1) is 0 Å². The first-order chi connectivity index (χ1) is 10.2. The maximum atomic E-state index is 12.9. The number of hydrogen-bond donors (Lipinski definition) is 0. The number of benzene rings is 1. The molecule has 1 fully saturated rings. The monoisotopic (exact) mass is 289 g/mol. The van der Waals surface area contributed by atoms with Crippen LogP contribution in [-0.4, -0.2) is 46.7 Å². The Kier molecular flexibility index (Phi) is 3.96. The maximum absolute atomic E-state index is 12.9. The third kappa shape index (κ3) is 3.28. The summed E-state index contributed by atoms with van der Waals surface area (Å²) in [7, 11) is 0. The summed E-state index contributed by atoms with van der Waals surface area (Å²) in [5.41, 5.74) is 1.55. The predicted molar refractivity (Wildman–Crippen MR) is 75.0 cm³/mol. The summed E-state index contributed by atoms with van der Waals surface area (Å²) in [5.74, 6) is -0.220. The Bertz CT molecular complexity index is 618. The van der Waals surface area contributed by atoms with Crippen LogP contribution in [0.4, 0.5) is 4.39 Å². The van der Waals surface area contributed by atoms with Crippen molar-refractivity contribution in [1.29, 1.82) is 0 Å². The van der Waals surface area contributed by atoms with Crippen molar-refractivity contribution in [3.05, 3.63) is 42.6 Å². The van der Waals surface area contributed by atoms with Gasteiger partial charge in [0.25, 0.3) is 0 Å². The van der Waals surface area contributed by atoms with Gasteiger partial charge in [0, 0.05) is 24.8 Å². The van der Waals surface area contributed by atoms with Crippen LogP contribution in [0.2, 0.25) is 0 Å². The molecule has 0 saturated carbocycles. The second-order valence-electron chi connectivity index (χ2n) is 4.93. The zero-order chi connectivity index (χ0) is 14.7. The lowest BCUT2D eigenvalue weighted by Gasteiger charge is -2.26. The number of carbonyl (C=O) groups excluding carboxylic acids is 1. The largest absolute Gasteiger partial charge is 0.378 e. The third-order valence-electron chi connectivity index (χ3n) is 3.45. The van der Waals surface area contributed by atoms with Crippen LogP contribution in [0.1, 0.15) is 0 Å². The summed E-state index contributed by atoms with van der Waals surface area (Å²) in [5, 5.41) is 0. The average Bonchev–Trinajstić information content (AvgIpc) is 2.97. The summed E-state index contributed by atoms with van der Waals surface area (Å²) >= 11 is 0. The molecule has 0 bridgehead atoms. The lowest BCUT2D eigenvalue weighted by Crippen LogP contribution is -2.42. The highest BCUT2D eigenvalue weighted by molar-refractivity contribution is 5.76. The minimum Gasteiger partial charge on any atom is -0.378 e. The molecular formula is C15H16FN3O2. The van der Waals surface area contributed by atoms with E-state index in [1.807, 2.05) is 0 Å². The second-order valence-corrected chi connectivity index (χ2v) is 4.93. The van der Waals surface area contributed by atoms with Crippen molar-refractivity contribution in [2.75, 3.05) is 26.3 Å². The molecule has 1 aliphatic heterocycles. The molecule has 1 saturated heterocycles. The molecule has 0 aliphatic carbocycles. The molecule has 0 atom stereocenters. The highest BCUT2D eigenvalue weighted by Gasteiger charge is 2.17. The standard InChI is InChI=1S/C15H16FN3O2/c16-13-3-1-12(2-4-13)14-9-18(11-17-14)10-15(20)19-5-7-21-8-6-19/h1-4,9,11H,5-8,10H2. The zero-order valence-corrected chi connectivity index (χ0v) is 11.5. The number of aromatic nitrogens is 2. The van der Waals surface area contributed by atoms with E-state index in [2.05, 4.69) is 4.98 Å². The van der Waals surface area contributed by atoms with Crippen molar-refractivity contribution in [3.8, 4) is 11.3 Å². The molecule has 0 spiro atoms. The number of halogens is 1. The fraction of sp³-hybridized carbons (Fsp3) is 0.333. The van der Waals surface area contributed by atoms with Crippen molar-refractivity contribution in [2.45, 2.75) is 6.54 Å². The Morgan fingerprint density at radius 1 is 1.24 bits per heavy atom. The van der Waals surface area contributed by atoms with Gasteiger partial charge in [0.05, 0.1) is 25.2 Å². The summed E-state index contributed by atoms with van der Waals surface area (Å²) in [4.78, 5) is 18.2. The fourth-order valence-corrected chi connectivity index (χ4v) is 2.29. The summed E-state index contributed by atoms with van der Waals surface area (Å²) in [6, 6.07) is 6.14. The predicted octanol–water partition coefficient (Wildman–Crippen LogP) is 1.55. The SMILES string of the molecule is O=C(Cn1cnc(-c2ccc(F)cc2)c1)N1CCOCC1. The number of carbonyl (C=O) groups is 1. The number of nitrogens with zero attached hydrogens (tertiary/aromatic N) is 3. The normalized spacial score (nSPS) is 15.2. The number of imidazole rings is 1. The molecule has 21 heavy (non-hydrogen) atoms. The van der Waals surface area contributed by atoms with Gasteiger partial charge >= 0.3 is 0 Å². The van der Waals surface area contributed by atoms with Crippen LogP contribution in [0.3, 0.4) is 0 Å². The second kappa shape index (κ2) is 6.05. The molecule has 1 aromatic heterocycles. The molecule has 0 N–H and O–H groups in total. The molecule has 1 aromatic carbocycles. The van der Waals surface area contributed by atoms with Gasteiger partial charge in [0.1, 0.15) is 12.4 Å². The van der Waals surface area contributed by atoms with Gasteiger partial charge in [-0.25, -0.2) is 9.37 Å². The van der Waals surface area contributed by atoms with E-state index in [4.69, 9.17) is 4.74 Å². The summed E-state index contributed by atoms with van der Waals surface area (Å²) in [6.07, 6.45) is 3.42. The maximum Gasteiger partial charge on any atom is 0.242 e. The molecule has 1 aliphatic rings. The van der Waals surface area contributed by atoms with Crippen molar-refractivity contribution >= 4 is 5.91 Å². The highest BCUT2D eigenvalue weighted by Crippen LogP contribution is 2.17. The van der Waals surface area contributed by atoms with Crippen molar-refractivity contribution in [2.24, 2.45) is 0 Å². The smallest absolute Gasteiger partial charge is 0.242 e. The molecule has 1 amide bonds. The highest BCUT2D eigenvalue weighted by atomic mass is 19.1. The van der Waals surface area contributed by atoms with E-state index in [9.17, 15) is 9.18 Å².